The van der Waals surface area contributed by atoms with Crippen molar-refractivity contribution in [2.75, 3.05) is 7.11 Å². The Morgan fingerprint density at radius 3 is 2.58 bits per heavy atom. The Labute approximate surface area is 69.0 Å². The number of aldehydes is 1. The summed E-state index contributed by atoms with van der Waals surface area (Å²) in [5.41, 5.74) is -0.0440. The number of benzene rings is 1. The van der Waals surface area contributed by atoms with Gasteiger partial charge in [0.1, 0.15) is 11.3 Å². The van der Waals surface area contributed by atoms with Gasteiger partial charge in [0.05, 0.1) is 7.11 Å². The van der Waals surface area contributed by atoms with E-state index < -0.39 is 5.75 Å². The molecule has 0 aliphatic carbocycles. The monoisotopic (exact) mass is 168 g/mol. The summed E-state index contributed by atoms with van der Waals surface area (Å²) < 4.78 is 4.77. The van der Waals surface area contributed by atoms with Gasteiger partial charge in [0.2, 0.25) is 0 Å². The molecule has 1 aromatic rings. The molecule has 4 heteroatoms. The standard InChI is InChI=1S/C8H8O4/c1-12-7-3-2-6(10)8(11)5(7)4-9/h2-4,10-11H,1H3. The summed E-state index contributed by atoms with van der Waals surface area (Å²) >= 11 is 0. The van der Waals surface area contributed by atoms with Gasteiger partial charge < -0.3 is 14.9 Å². The molecule has 64 valence electrons. The summed E-state index contributed by atoms with van der Waals surface area (Å²) in [4.78, 5) is 10.4. The van der Waals surface area contributed by atoms with Gasteiger partial charge in [-0.1, -0.05) is 0 Å². The highest BCUT2D eigenvalue weighted by Gasteiger charge is 2.11. The van der Waals surface area contributed by atoms with Crippen LogP contribution in [0, 0.1) is 0 Å². The van der Waals surface area contributed by atoms with Crippen LogP contribution in [0.3, 0.4) is 0 Å². The van der Waals surface area contributed by atoms with Crippen LogP contribution < -0.4 is 4.74 Å². The highest BCUT2D eigenvalue weighted by molar-refractivity contribution is 5.85. The largest absolute Gasteiger partial charge is 0.504 e. The molecule has 0 spiro atoms. The van der Waals surface area contributed by atoms with Gasteiger partial charge in [-0.15, -0.1) is 0 Å². The first kappa shape index (κ1) is 8.39. The second kappa shape index (κ2) is 3.13. The molecule has 1 aromatic carbocycles. The summed E-state index contributed by atoms with van der Waals surface area (Å²) in [5.74, 6) is -0.553. The van der Waals surface area contributed by atoms with Crippen molar-refractivity contribution in [1.29, 1.82) is 0 Å². The average molecular weight is 168 g/mol. The van der Waals surface area contributed by atoms with Crippen molar-refractivity contribution in [3.05, 3.63) is 17.7 Å². The molecule has 0 aliphatic heterocycles. The van der Waals surface area contributed by atoms with Crippen LogP contribution in [0.1, 0.15) is 10.4 Å². The molecule has 1 rings (SSSR count). The number of carbonyl (C=O) groups is 1. The van der Waals surface area contributed by atoms with Crippen LogP contribution in [0.5, 0.6) is 17.2 Å². The minimum Gasteiger partial charge on any atom is -0.504 e. The van der Waals surface area contributed by atoms with E-state index in [1.165, 1.54) is 19.2 Å². The Bertz CT molecular complexity index is 306. The second-order valence-electron chi connectivity index (χ2n) is 2.17. The first-order valence-corrected chi connectivity index (χ1v) is 3.24. The third-order valence-corrected chi connectivity index (χ3v) is 1.49. The van der Waals surface area contributed by atoms with Gasteiger partial charge in [0.25, 0.3) is 0 Å². The number of methoxy groups -OCH3 is 1. The molecule has 0 radical (unpaired) electrons. The van der Waals surface area contributed by atoms with Gasteiger partial charge in [-0.2, -0.15) is 0 Å². The van der Waals surface area contributed by atoms with Crippen molar-refractivity contribution < 1.29 is 19.7 Å². The van der Waals surface area contributed by atoms with Gasteiger partial charge in [-0.3, -0.25) is 4.79 Å². The maximum atomic E-state index is 10.4. The fraction of sp³-hybridized carbons (Fsp3) is 0.125. The summed E-state index contributed by atoms with van der Waals surface area (Å²) in [5, 5.41) is 18.1. The van der Waals surface area contributed by atoms with E-state index in [9.17, 15) is 4.79 Å². The lowest BCUT2D eigenvalue weighted by Gasteiger charge is -2.05. The zero-order valence-corrected chi connectivity index (χ0v) is 6.44. The maximum Gasteiger partial charge on any atom is 0.171 e. The molecule has 2 N–H and O–H groups in total. The van der Waals surface area contributed by atoms with Crippen LogP contribution in [0.4, 0.5) is 0 Å². The van der Waals surface area contributed by atoms with Crippen LogP contribution in [0.2, 0.25) is 0 Å². The minimum absolute atomic E-state index is 0.0440. The van der Waals surface area contributed by atoms with Crippen molar-refractivity contribution in [1.82, 2.24) is 0 Å². The van der Waals surface area contributed by atoms with E-state index in [1.807, 2.05) is 0 Å². The molecule has 0 fully saturated rings. The SMILES string of the molecule is COc1ccc(O)c(O)c1C=O. The molecule has 0 heterocycles. The Morgan fingerprint density at radius 1 is 1.42 bits per heavy atom. The van der Waals surface area contributed by atoms with Crippen LogP contribution in [-0.4, -0.2) is 23.6 Å². The second-order valence-corrected chi connectivity index (χ2v) is 2.17. The van der Waals surface area contributed by atoms with Gasteiger partial charge in [0, 0.05) is 0 Å². The minimum atomic E-state index is -0.454. The molecule has 0 saturated carbocycles. The first-order chi connectivity index (χ1) is 5.70. The van der Waals surface area contributed by atoms with E-state index in [4.69, 9.17) is 14.9 Å². The highest BCUT2D eigenvalue weighted by atomic mass is 16.5. The molecule has 4 nitrogen and oxygen atoms in total. The van der Waals surface area contributed by atoms with Crippen molar-refractivity contribution in [2.45, 2.75) is 0 Å². The number of phenolic OH excluding ortho intramolecular Hbond substituents is 2. The Hall–Kier alpha value is -1.71. The number of rotatable bonds is 2. The first-order valence-electron chi connectivity index (χ1n) is 3.24. The number of ether oxygens (including phenoxy) is 1. The highest BCUT2D eigenvalue weighted by Crippen LogP contribution is 2.33. The average Bonchev–Trinajstić information content (AvgIpc) is 2.09. The molecule has 0 saturated heterocycles. The Kier molecular flexibility index (Phi) is 2.19. The number of hydrogen-bond acceptors (Lipinski definition) is 4. The third kappa shape index (κ3) is 1.18. The van der Waals surface area contributed by atoms with Crippen LogP contribution >= 0.6 is 0 Å². The normalized spacial score (nSPS) is 9.42. The van der Waals surface area contributed by atoms with Crippen molar-refractivity contribution in [3.63, 3.8) is 0 Å². The fourth-order valence-corrected chi connectivity index (χ4v) is 0.870. The fourth-order valence-electron chi connectivity index (χ4n) is 0.870. The Morgan fingerprint density at radius 2 is 2.08 bits per heavy atom. The molecule has 12 heavy (non-hydrogen) atoms. The van der Waals surface area contributed by atoms with Crippen LogP contribution in [-0.2, 0) is 0 Å². The van der Waals surface area contributed by atoms with E-state index in [1.54, 1.807) is 0 Å². The van der Waals surface area contributed by atoms with Gasteiger partial charge in [-0.05, 0) is 12.1 Å². The van der Waals surface area contributed by atoms with Crippen LogP contribution in [0.25, 0.3) is 0 Å². The predicted octanol–water partition coefficient (Wildman–Crippen LogP) is 0.919. The lowest BCUT2D eigenvalue weighted by atomic mass is 10.2. The van der Waals surface area contributed by atoms with Crippen molar-refractivity contribution in [2.24, 2.45) is 0 Å². The quantitative estimate of drug-likeness (QED) is 0.509. The van der Waals surface area contributed by atoms with E-state index in [2.05, 4.69) is 0 Å². The van der Waals surface area contributed by atoms with Crippen molar-refractivity contribution >= 4 is 6.29 Å². The Balaban J connectivity index is 3.35. The van der Waals surface area contributed by atoms with Gasteiger partial charge in [0.15, 0.2) is 17.8 Å². The number of carbonyl (C=O) groups excluding carboxylic acids is 1. The zero-order valence-electron chi connectivity index (χ0n) is 6.44. The molecular weight excluding hydrogens is 160 g/mol. The van der Waals surface area contributed by atoms with E-state index in [-0.39, 0.29) is 17.1 Å². The molecule has 0 unspecified atom stereocenters. The number of phenols is 2. The zero-order chi connectivity index (χ0) is 9.14. The maximum absolute atomic E-state index is 10.4. The lowest BCUT2D eigenvalue weighted by molar-refractivity contribution is 0.111. The number of aromatic hydroxyl groups is 2. The van der Waals surface area contributed by atoms with E-state index in [0.29, 0.717) is 6.29 Å². The lowest BCUT2D eigenvalue weighted by Crippen LogP contribution is -1.90. The topological polar surface area (TPSA) is 66.8 Å². The summed E-state index contributed by atoms with van der Waals surface area (Å²) in [7, 11) is 1.37. The van der Waals surface area contributed by atoms with Crippen molar-refractivity contribution in [3.8, 4) is 17.2 Å². The molecule has 0 bridgehead atoms. The van der Waals surface area contributed by atoms with E-state index >= 15 is 0 Å². The predicted molar refractivity (Wildman–Crippen MR) is 41.7 cm³/mol. The smallest absolute Gasteiger partial charge is 0.171 e. The van der Waals surface area contributed by atoms with Crippen LogP contribution in [0.15, 0.2) is 12.1 Å². The summed E-state index contributed by atoms with van der Waals surface area (Å²) in [6, 6.07) is 2.65. The summed E-state index contributed by atoms with van der Waals surface area (Å²) in [6.07, 6.45) is 0.424. The molecule has 0 atom stereocenters. The van der Waals surface area contributed by atoms with E-state index in [0.717, 1.165) is 0 Å². The third-order valence-electron chi connectivity index (χ3n) is 1.49. The molecular formula is C8H8O4. The van der Waals surface area contributed by atoms with Gasteiger partial charge >= 0.3 is 0 Å². The summed E-state index contributed by atoms with van der Waals surface area (Å²) in [6.45, 7) is 0. The molecule has 0 aliphatic rings. The number of hydrogen-bond donors (Lipinski definition) is 2. The molecule has 0 amide bonds. The van der Waals surface area contributed by atoms with Gasteiger partial charge in [-0.25, -0.2) is 0 Å². The molecule has 0 aromatic heterocycles.